The molecule has 1 N–H and O–H groups in total. The number of benzene rings is 1. The van der Waals surface area contributed by atoms with Crippen molar-refractivity contribution in [1.29, 1.82) is 0 Å². The Hall–Kier alpha value is -1.99. The predicted octanol–water partition coefficient (Wildman–Crippen LogP) is 2.01. The number of hydrogen-bond acceptors (Lipinski definition) is 5. The van der Waals surface area contributed by atoms with Gasteiger partial charge < -0.3 is 10.2 Å². The average molecular weight is 303 g/mol. The van der Waals surface area contributed by atoms with Crippen LogP contribution in [0.5, 0.6) is 0 Å². The molecule has 7 heteroatoms. The third-order valence-corrected chi connectivity index (χ3v) is 4.59. The first-order valence-electron chi connectivity index (χ1n) is 6.87. The summed E-state index contributed by atoms with van der Waals surface area (Å²) in [6.07, 6.45) is 1.79. The van der Waals surface area contributed by atoms with E-state index in [2.05, 4.69) is 20.3 Å². The van der Waals surface area contributed by atoms with Gasteiger partial charge in [-0.15, -0.1) is 5.10 Å². The van der Waals surface area contributed by atoms with Crippen LogP contribution in [0.15, 0.2) is 30.5 Å². The second-order valence-electron chi connectivity index (χ2n) is 4.97. The largest absolute Gasteiger partial charge is 0.344 e. The van der Waals surface area contributed by atoms with Crippen LogP contribution in [0, 0.1) is 5.82 Å². The minimum absolute atomic E-state index is 0.237. The Labute approximate surface area is 125 Å². The van der Waals surface area contributed by atoms with Crippen molar-refractivity contribution in [2.45, 2.75) is 0 Å². The van der Waals surface area contributed by atoms with Gasteiger partial charge in [-0.05, 0) is 24.3 Å². The third-order valence-electron chi connectivity index (χ3n) is 3.60. The van der Waals surface area contributed by atoms with Crippen molar-refractivity contribution in [2.24, 2.45) is 0 Å². The highest BCUT2D eigenvalue weighted by Crippen LogP contribution is 2.28. The molecule has 21 heavy (non-hydrogen) atoms. The van der Waals surface area contributed by atoms with E-state index < -0.39 is 0 Å². The Balaban J connectivity index is 1.73. The Bertz CT molecular complexity index is 757. The first kappa shape index (κ1) is 12.7. The number of halogens is 1. The van der Waals surface area contributed by atoms with Gasteiger partial charge >= 0.3 is 0 Å². The highest BCUT2D eigenvalue weighted by molar-refractivity contribution is 7.20. The minimum Gasteiger partial charge on any atom is -0.344 e. The summed E-state index contributed by atoms with van der Waals surface area (Å²) < 4.78 is 14.9. The molecule has 1 aliphatic rings. The maximum atomic E-state index is 13.0. The summed E-state index contributed by atoms with van der Waals surface area (Å²) in [7, 11) is 0. The standard InChI is InChI=1S/C14H14FN5S/c15-11-3-1-10(2-4-11)12-9-17-13-20(12)18-14(21-13)19-7-5-16-6-8-19/h1-4,9,16H,5-8H2. The van der Waals surface area contributed by atoms with Gasteiger partial charge in [0.05, 0.1) is 11.9 Å². The van der Waals surface area contributed by atoms with E-state index in [0.717, 1.165) is 47.5 Å². The van der Waals surface area contributed by atoms with Crippen molar-refractivity contribution in [1.82, 2.24) is 19.9 Å². The average Bonchev–Trinajstić information content (AvgIpc) is 3.09. The van der Waals surface area contributed by atoms with E-state index in [-0.39, 0.29) is 5.82 Å². The Morgan fingerprint density at radius 2 is 1.90 bits per heavy atom. The third kappa shape index (κ3) is 2.28. The lowest BCUT2D eigenvalue weighted by atomic mass is 10.2. The monoisotopic (exact) mass is 303 g/mol. The molecule has 108 valence electrons. The quantitative estimate of drug-likeness (QED) is 0.786. The summed E-state index contributed by atoms with van der Waals surface area (Å²) in [5.41, 5.74) is 1.81. The fraction of sp³-hybridized carbons (Fsp3) is 0.286. The minimum atomic E-state index is -0.237. The van der Waals surface area contributed by atoms with Crippen LogP contribution in [0.1, 0.15) is 0 Å². The number of anilines is 1. The Morgan fingerprint density at radius 3 is 2.67 bits per heavy atom. The van der Waals surface area contributed by atoms with E-state index in [1.807, 2.05) is 4.52 Å². The molecule has 3 heterocycles. The summed E-state index contributed by atoms with van der Waals surface area (Å²) in [6, 6.07) is 6.42. The number of hydrogen-bond donors (Lipinski definition) is 1. The summed E-state index contributed by atoms with van der Waals surface area (Å²) in [5, 5.41) is 8.99. The van der Waals surface area contributed by atoms with Crippen LogP contribution in [-0.4, -0.2) is 40.8 Å². The van der Waals surface area contributed by atoms with E-state index in [1.54, 1.807) is 29.7 Å². The summed E-state index contributed by atoms with van der Waals surface area (Å²) >= 11 is 1.59. The Morgan fingerprint density at radius 1 is 1.14 bits per heavy atom. The topological polar surface area (TPSA) is 45.5 Å². The van der Waals surface area contributed by atoms with Gasteiger partial charge in [-0.25, -0.2) is 13.9 Å². The molecule has 0 radical (unpaired) electrons. The molecule has 1 fully saturated rings. The first-order chi connectivity index (χ1) is 10.3. The smallest absolute Gasteiger partial charge is 0.214 e. The number of nitrogens with one attached hydrogen (secondary N) is 1. The van der Waals surface area contributed by atoms with Crippen molar-refractivity contribution >= 4 is 21.4 Å². The normalized spacial score (nSPS) is 15.8. The second-order valence-corrected chi connectivity index (χ2v) is 5.90. The number of fused-ring (bicyclic) bond motifs is 1. The van der Waals surface area contributed by atoms with Crippen LogP contribution in [0.4, 0.5) is 9.52 Å². The van der Waals surface area contributed by atoms with Crippen LogP contribution in [0.25, 0.3) is 16.2 Å². The van der Waals surface area contributed by atoms with Crippen molar-refractivity contribution < 1.29 is 4.39 Å². The molecule has 0 amide bonds. The maximum absolute atomic E-state index is 13.0. The lowest BCUT2D eigenvalue weighted by Gasteiger charge is -2.26. The zero-order valence-electron chi connectivity index (χ0n) is 11.3. The van der Waals surface area contributed by atoms with E-state index in [4.69, 9.17) is 0 Å². The molecule has 0 saturated carbocycles. The zero-order chi connectivity index (χ0) is 14.2. The fourth-order valence-electron chi connectivity index (χ4n) is 2.48. The maximum Gasteiger partial charge on any atom is 0.214 e. The van der Waals surface area contributed by atoms with Crippen molar-refractivity contribution in [3.05, 3.63) is 36.3 Å². The molecule has 1 aromatic carbocycles. The van der Waals surface area contributed by atoms with E-state index in [0.29, 0.717) is 0 Å². The van der Waals surface area contributed by atoms with E-state index in [9.17, 15) is 4.39 Å². The number of nitrogens with zero attached hydrogens (tertiary/aromatic N) is 4. The molecule has 0 unspecified atom stereocenters. The fourth-order valence-corrected chi connectivity index (χ4v) is 3.41. The Kier molecular flexibility index (Phi) is 3.08. The second kappa shape index (κ2) is 5.09. The number of imidazole rings is 1. The number of rotatable bonds is 2. The number of piperazine rings is 1. The van der Waals surface area contributed by atoms with Crippen LogP contribution < -0.4 is 10.2 Å². The van der Waals surface area contributed by atoms with Crippen LogP contribution in [0.2, 0.25) is 0 Å². The molecule has 0 atom stereocenters. The summed E-state index contributed by atoms with van der Waals surface area (Å²) in [4.78, 5) is 7.55. The summed E-state index contributed by atoms with van der Waals surface area (Å²) in [5.74, 6) is -0.237. The number of aromatic nitrogens is 3. The molecule has 3 aromatic rings. The van der Waals surface area contributed by atoms with Crippen molar-refractivity contribution in [2.75, 3.05) is 31.1 Å². The molecule has 0 aliphatic carbocycles. The molecule has 0 spiro atoms. The van der Waals surface area contributed by atoms with Gasteiger partial charge in [-0.3, -0.25) is 0 Å². The van der Waals surface area contributed by atoms with Gasteiger partial charge in [0.15, 0.2) is 0 Å². The molecule has 5 nitrogen and oxygen atoms in total. The lowest BCUT2D eigenvalue weighted by Crippen LogP contribution is -2.43. The lowest BCUT2D eigenvalue weighted by molar-refractivity contribution is 0.586. The van der Waals surface area contributed by atoms with Crippen LogP contribution in [0.3, 0.4) is 0 Å². The SMILES string of the molecule is Fc1ccc(-c2cnc3sc(N4CCNCC4)nn23)cc1. The van der Waals surface area contributed by atoms with Gasteiger partial charge in [0, 0.05) is 31.7 Å². The van der Waals surface area contributed by atoms with Crippen LogP contribution in [-0.2, 0) is 0 Å². The van der Waals surface area contributed by atoms with Gasteiger partial charge in [0.1, 0.15) is 5.82 Å². The highest BCUT2D eigenvalue weighted by Gasteiger charge is 2.17. The molecule has 4 rings (SSSR count). The summed E-state index contributed by atoms with van der Waals surface area (Å²) in [6.45, 7) is 3.88. The van der Waals surface area contributed by atoms with E-state index in [1.165, 1.54) is 12.1 Å². The van der Waals surface area contributed by atoms with Gasteiger partial charge in [0.2, 0.25) is 10.1 Å². The molecular weight excluding hydrogens is 289 g/mol. The molecule has 0 bridgehead atoms. The molecule has 1 saturated heterocycles. The van der Waals surface area contributed by atoms with Gasteiger partial charge in [-0.1, -0.05) is 11.3 Å². The predicted molar refractivity (Wildman–Crippen MR) is 81.3 cm³/mol. The molecule has 1 aliphatic heterocycles. The zero-order valence-corrected chi connectivity index (χ0v) is 12.1. The van der Waals surface area contributed by atoms with Crippen LogP contribution >= 0.6 is 11.3 Å². The van der Waals surface area contributed by atoms with Crippen molar-refractivity contribution in [3.8, 4) is 11.3 Å². The van der Waals surface area contributed by atoms with Crippen molar-refractivity contribution in [3.63, 3.8) is 0 Å². The molecular formula is C14H14FN5S. The van der Waals surface area contributed by atoms with Gasteiger partial charge in [0.25, 0.3) is 0 Å². The first-order valence-corrected chi connectivity index (χ1v) is 7.69. The molecule has 2 aromatic heterocycles. The highest BCUT2D eigenvalue weighted by atomic mass is 32.1. The van der Waals surface area contributed by atoms with Gasteiger partial charge in [-0.2, -0.15) is 0 Å². The van der Waals surface area contributed by atoms with E-state index >= 15 is 0 Å².